The Morgan fingerprint density at radius 2 is 1.61 bits per heavy atom. The molecular formula is C18H19ClN2O2. The van der Waals surface area contributed by atoms with Crippen LogP contribution in [-0.4, -0.2) is 11.8 Å². The summed E-state index contributed by atoms with van der Waals surface area (Å²) in [6, 6.07) is 14.2. The number of hydrogen-bond donors (Lipinski definition) is 2. The topological polar surface area (TPSA) is 58.2 Å². The smallest absolute Gasteiger partial charge is 0.314 e. The molecule has 0 aromatic heterocycles. The number of carbonyl (C=O) groups is 2. The summed E-state index contributed by atoms with van der Waals surface area (Å²) in [7, 11) is 0. The first-order valence-electron chi connectivity index (χ1n) is 7.55. The van der Waals surface area contributed by atoms with E-state index in [1.54, 1.807) is 36.4 Å². The summed E-state index contributed by atoms with van der Waals surface area (Å²) in [5.74, 6) is -1.45. The van der Waals surface area contributed by atoms with Crippen LogP contribution in [0.1, 0.15) is 25.3 Å². The van der Waals surface area contributed by atoms with Crippen molar-refractivity contribution in [2.45, 2.75) is 26.2 Å². The van der Waals surface area contributed by atoms with Crippen molar-refractivity contribution in [2.75, 3.05) is 10.6 Å². The predicted molar refractivity (Wildman–Crippen MR) is 93.8 cm³/mol. The number of unbranched alkanes of at least 4 members (excludes halogenated alkanes) is 1. The average molecular weight is 331 g/mol. The Morgan fingerprint density at radius 1 is 0.957 bits per heavy atom. The highest BCUT2D eigenvalue weighted by Crippen LogP contribution is 2.15. The molecule has 23 heavy (non-hydrogen) atoms. The first-order valence-corrected chi connectivity index (χ1v) is 7.93. The van der Waals surface area contributed by atoms with Crippen LogP contribution in [-0.2, 0) is 16.0 Å². The van der Waals surface area contributed by atoms with Crippen molar-refractivity contribution in [3.63, 3.8) is 0 Å². The number of aryl methyl sites for hydroxylation is 1. The molecule has 2 amide bonds. The SMILES string of the molecule is CCCCc1ccc(NC(=O)C(=O)Nc2cccc(Cl)c2)cc1. The second-order valence-corrected chi connectivity index (χ2v) is 5.66. The summed E-state index contributed by atoms with van der Waals surface area (Å²) < 4.78 is 0. The molecule has 5 heteroatoms. The molecule has 0 saturated carbocycles. The Kier molecular flexibility index (Phi) is 6.18. The maximum absolute atomic E-state index is 11.9. The van der Waals surface area contributed by atoms with E-state index in [-0.39, 0.29) is 0 Å². The lowest BCUT2D eigenvalue weighted by atomic mass is 10.1. The molecule has 0 atom stereocenters. The molecule has 0 bridgehead atoms. The lowest BCUT2D eigenvalue weighted by Crippen LogP contribution is -2.29. The fourth-order valence-corrected chi connectivity index (χ4v) is 2.27. The summed E-state index contributed by atoms with van der Waals surface area (Å²) in [6.07, 6.45) is 3.29. The molecule has 0 spiro atoms. The van der Waals surface area contributed by atoms with E-state index in [2.05, 4.69) is 17.6 Å². The molecule has 4 nitrogen and oxygen atoms in total. The van der Waals surface area contributed by atoms with Crippen LogP contribution in [0.4, 0.5) is 11.4 Å². The minimum atomic E-state index is -0.734. The summed E-state index contributed by atoms with van der Waals surface area (Å²) in [5.41, 5.74) is 2.29. The Hall–Kier alpha value is -2.33. The zero-order chi connectivity index (χ0) is 16.7. The molecule has 0 saturated heterocycles. The molecule has 0 radical (unpaired) electrons. The Balaban J connectivity index is 1.91. The van der Waals surface area contributed by atoms with Crippen LogP contribution in [0.5, 0.6) is 0 Å². The van der Waals surface area contributed by atoms with Crippen molar-refractivity contribution in [3.8, 4) is 0 Å². The highest BCUT2D eigenvalue weighted by atomic mass is 35.5. The maximum Gasteiger partial charge on any atom is 0.314 e. The van der Waals surface area contributed by atoms with Crippen LogP contribution >= 0.6 is 11.6 Å². The van der Waals surface area contributed by atoms with E-state index in [1.807, 2.05) is 12.1 Å². The normalized spacial score (nSPS) is 10.2. The van der Waals surface area contributed by atoms with Gasteiger partial charge < -0.3 is 10.6 Å². The summed E-state index contributed by atoms with van der Waals surface area (Å²) in [5, 5.41) is 5.57. The Labute approximate surface area is 140 Å². The van der Waals surface area contributed by atoms with Crippen molar-refractivity contribution in [3.05, 3.63) is 59.1 Å². The second-order valence-electron chi connectivity index (χ2n) is 5.22. The van der Waals surface area contributed by atoms with Crippen LogP contribution in [0.15, 0.2) is 48.5 Å². The van der Waals surface area contributed by atoms with E-state index in [9.17, 15) is 9.59 Å². The third-order valence-corrected chi connectivity index (χ3v) is 3.55. The summed E-state index contributed by atoms with van der Waals surface area (Å²) >= 11 is 5.84. The second kappa shape index (κ2) is 8.34. The molecule has 120 valence electrons. The van der Waals surface area contributed by atoms with E-state index in [4.69, 9.17) is 11.6 Å². The van der Waals surface area contributed by atoms with E-state index >= 15 is 0 Å². The summed E-state index contributed by atoms with van der Waals surface area (Å²) in [4.78, 5) is 23.8. The summed E-state index contributed by atoms with van der Waals surface area (Å²) in [6.45, 7) is 2.15. The molecule has 2 aromatic rings. The fourth-order valence-electron chi connectivity index (χ4n) is 2.08. The van der Waals surface area contributed by atoms with Crippen molar-refractivity contribution in [2.24, 2.45) is 0 Å². The van der Waals surface area contributed by atoms with Gasteiger partial charge in [-0.15, -0.1) is 0 Å². The predicted octanol–water partition coefficient (Wildman–Crippen LogP) is 4.26. The zero-order valence-corrected chi connectivity index (χ0v) is 13.7. The van der Waals surface area contributed by atoms with Gasteiger partial charge in [-0.2, -0.15) is 0 Å². The fraction of sp³-hybridized carbons (Fsp3) is 0.222. The first-order chi connectivity index (χ1) is 11.1. The Morgan fingerprint density at radius 3 is 2.22 bits per heavy atom. The van der Waals surface area contributed by atoms with Crippen LogP contribution in [0.3, 0.4) is 0 Å². The third-order valence-electron chi connectivity index (χ3n) is 3.32. The minimum Gasteiger partial charge on any atom is -0.318 e. The molecular weight excluding hydrogens is 312 g/mol. The number of nitrogens with one attached hydrogen (secondary N) is 2. The third kappa shape index (κ3) is 5.42. The van der Waals surface area contributed by atoms with Gasteiger partial charge in [0.25, 0.3) is 0 Å². The molecule has 0 aliphatic carbocycles. The van der Waals surface area contributed by atoms with Gasteiger partial charge in [-0.3, -0.25) is 9.59 Å². The standard InChI is InChI=1S/C18H19ClN2O2/c1-2-3-5-13-8-10-15(11-9-13)20-17(22)18(23)21-16-7-4-6-14(19)12-16/h4,6-12H,2-3,5H2,1H3,(H,20,22)(H,21,23). The van der Waals surface area contributed by atoms with Gasteiger partial charge in [-0.1, -0.05) is 43.1 Å². The van der Waals surface area contributed by atoms with Crippen molar-refractivity contribution >= 4 is 34.8 Å². The van der Waals surface area contributed by atoms with E-state index < -0.39 is 11.8 Å². The lowest BCUT2D eigenvalue weighted by Gasteiger charge is -2.07. The van der Waals surface area contributed by atoms with Gasteiger partial charge in [0.1, 0.15) is 0 Å². The number of halogens is 1. The molecule has 2 rings (SSSR count). The zero-order valence-electron chi connectivity index (χ0n) is 12.9. The van der Waals surface area contributed by atoms with Gasteiger partial charge in [0, 0.05) is 16.4 Å². The van der Waals surface area contributed by atoms with E-state index in [1.165, 1.54) is 5.56 Å². The van der Waals surface area contributed by atoms with Crippen molar-refractivity contribution in [1.29, 1.82) is 0 Å². The molecule has 0 fully saturated rings. The molecule has 0 aliphatic rings. The molecule has 0 unspecified atom stereocenters. The largest absolute Gasteiger partial charge is 0.318 e. The molecule has 0 heterocycles. The highest BCUT2D eigenvalue weighted by Gasteiger charge is 2.14. The van der Waals surface area contributed by atoms with Gasteiger partial charge in [0.2, 0.25) is 0 Å². The van der Waals surface area contributed by atoms with Crippen LogP contribution in [0, 0.1) is 0 Å². The van der Waals surface area contributed by atoms with Crippen LogP contribution < -0.4 is 10.6 Å². The van der Waals surface area contributed by atoms with Crippen LogP contribution in [0.25, 0.3) is 0 Å². The highest BCUT2D eigenvalue weighted by molar-refractivity contribution is 6.43. The van der Waals surface area contributed by atoms with Crippen molar-refractivity contribution in [1.82, 2.24) is 0 Å². The van der Waals surface area contributed by atoms with E-state index in [0.29, 0.717) is 16.4 Å². The van der Waals surface area contributed by atoms with Gasteiger partial charge >= 0.3 is 11.8 Å². The van der Waals surface area contributed by atoms with E-state index in [0.717, 1.165) is 19.3 Å². The molecule has 2 aromatic carbocycles. The first kappa shape index (κ1) is 17.0. The maximum atomic E-state index is 11.9. The van der Waals surface area contributed by atoms with Gasteiger partial charge in [-0.05, 0) is 48.7 Å². The number of anilines is 2. The number of amides is 2. The van der Waals surface area contributed by atoms with Gasteiger partial charge in [-0.25, -0.2) is 0 Å². The van der Waals surface area contributed by atoms with Crippen molar-refractivity contribution < 1.29 is 9.59 Å². The number of carbonyl (C=O) groups excluding carboxylic acids is 2. The van der Waals surface area contributed by atoms with Gasteiger partial charge in [0.05, 0.1) is 0 Å². The Bertz CT molecular complexity index is 684. The monoisotopic (exact) mass is 330 g/mol. The quantitative estimate of drug-likeness (QED) is 0.805. The van der Waals surface area contributed by atoms with Crippen LogP contribution in [0.2, 0.25) is 5.02 Å². The lowest BCUT2D eigenvalue weighted by molar-refractivity contribution is -0.132. The minimum absolute atomic E-state index is 0.479. The number of rotatable bonds is 5. The molecule has 0 aliphatic heterocycles. The van der Waals surface area contributed by atoms with Gasteiger partial charge in [0.15, 0.2) is 0 Å². The number of benzene rings is 2. The number of hydrogen-bond acceptors (Lipinski definition) is 2. The average Bonchev–Trinajstić information content (AvgIpc) is 2.54. The molecule has 2 N–H and O–H groups in total.